The molecule has 5 rings (SSSR count). The summed E-state index contributed by atoms with van der Waals surface area (Å²) < 4.78 is 5.94. The molecular weight excluding hydrogens is 486 g/mol. The average molecular weight is 524 g/mol. The number of hydrogen-bond donors (Lipinski definition) is 3. The van der Waals surface area contributed by atoms with Crippen LogP contribution in [0.15, 0.2) is 42.0 Å². The van der Waals surface area contributed by atoms with Crippen molar-refractivity contribution in [2.45, 2.75) is 71.3 Å². The average Bonchev–Trinajstić information content (AvgIpc) is 3.14. The van der Waals surface area contributed by atoms with Crippen LogP contribution in [0.2, 0.25) is 0 Å². The van der Waals surface area contributed by atoms with Crippen LogP contribution >= 0.6 is 0 Å². The molecule has 4 aliphatic rings. The number of carbonyl (C=O) groups excluding carboxylic acids is 4. The summed E-state index contributed by atoms with van der Waals surface area (Å²) in [5.74, 6) is -4.84. The topological polar surface area (TPSA) is 130 Å². The van der Waals surface area contributed by atoms with Gasteiger partial charge in [-0.05, 0) is 43.1 Å². The highest BCUT2D eigenvalue weighted by Gasteiger charge is 2.74. The van der Waals surface area contributed by atoms with Crippen molar-refractivity contribution < 1.29 is 34.1 Å². The molecule has 3 fully saturated rings. The third-order valence-electron chi connectivity index (χ3n) is 10.2. The van der Waals surface area contributed by atoms with E-state index in [9.17, 15) is 29.4 Å². The highest BCUT2D eigenvalue weighted by Crippen LogP contribution is 2.63. The van der Waals surface area contributed by atoms with Gasteiger partial charge in [0.2, 0.25) is 5.91 Å². The lowest BCUT2D eigenvalue weighted by atomic mass is 9.46. The van der Waals surface area contributed by atoms with Crippen LogP contribution in [0.5, 0.6) is 0 Å². The Bertz CT molecular complexity index is 1210. The molecular formula is C30H37NO7. The van der Waals surface area contributed by atoms with Gasteiger partial charge in [0.05, 0.1) is 6.10 Å². The zero-order valence-corrected chi connectivity index (χ0v) is 22.5. The van der Waals surface area contributed by atoms with Crippen LogP contribution in [0, 0.1) is 40.9 Å². The second-order valence-electron chi connectivity index (χ2n) is 12.0. The van der Waals surface area contributed by atoms with Crippen molar-refractivity contribution in [3.05, 3.63) is 47.5 Å². The van der Waals surface area contributed by atoms with E-state index >= 15 is 0 Å². The van der Waals surface area contributed by atoms with Crippen molar-refractivity contribution >= 4 is 23.4 Å². The number of ether oxygens (including phenoxy) is 1. The van der Waals surface area contributed by atoms with Gasteiger partial charge in [0, 0.05) is 36.3 Å². The molecule has 0 unspecified atom stereocenters. The monoisotopic (exact) mass is 523 g/mol. The van der Waals surface area contributed by atoms with Crippen LogP contribution in [0.25, 0.3) is 0 Å². The molecule has 1 amide bonds. The van der Waals surface area contributed by atoms with Gasteiger partial charge in [-0.3, -0.25) is 19.2 Å². The van der Waals surface area contributed by atoms with Gasteiger partial charge in [0.1, 0.15) is 11.5 Å². The van der Waals surface area contributed by atoms with E-state index in [4.69, 9.17) is 4.74 Å². The highest BCUT2D eigenvalue weighted by atomic mass is 16.5. The molecule has 1 heterocycles. The molecule has 0 bridgehead atoms. The van der Waals surface area contributed by atoms with Crippen molar-refractivity contribution in [2.75, 3.05) is 0 Å². The first kappa shape index (κ1) is 26.8. The summed E-state index contributed by atoms with van der Waals surface area (Å²) in [4.78, 5) is 53.3. The Morgan fingerprint density at radius 2 is 1.76 bits per heavy atom. The largest absolute Gasteiger partial charge is 0.461 e. The Balaban J connectivity index is 1.72. The van der Waals surface area contributed by atoms with Crippen molar-refractivity contribution in [3.63, 3.8) is 0 Å². The van der Waals surface area contributed by atoms with Crippen LogP contribution in [0.3, 0.4) is 0 Å². The van der Waals surface area contributed by atoms with Crippen LogP contribution in [-0.2, 0) is 30.3 Å². The first-order valence-corrected chi connectivity index (χ1v) is 13.6. The fourth-order valence-electron chi connectivity index (χ4n) is 8.22. The second-order valence-corrected chi connectivity index (χ2v) is 12.0. The van der Waals surface area contributed by atoms with Gasteiger partial charge in [-0.2, -0.15) is 0 Å². The first-order chi connectivity index (χ1) is 17.9. The first-order valence-electron chi connectivity index (χ1n) is 13.6. The fourth-order valence-corrected chi connectivity index (χ4v) is 8.22. The van der Waals surface area contributed by atoms with E-state index in [0.717, 1.165) is 5.56 Å². The maximum atomic E-state index is 14.2. The van der Waals surface area contributed by atoms with Gasteiger partial charge < -0.3 is 20.3 Å². The Morgan fingerprint density at radius 1 is 1.11 bits per heavy atom. The van der Waals surface area contributed by atoms with Crippen molar-refractivity contribution in [1.29, 1.82) is 0 Å². The molecule has 11 atom stereocenters. The van der Waals surface area contributed by atoms with E-state index in [2.05, 4.69) is 5.32 Å². The number of Topliss-reactive ketones (excluding diaryl/α,β-unsaturated/α-hetero) is 2. The molecule has 8 nitrogen and oxygen atoms in total. The SMILES string of the molecule is CC(=O)O[C@@H]1[C@H]2[C@H](C=C3C(=O)[C@H](C)[C@@H](C)[C@H]4[C@H](Cc5ccccc5)NC(=O)[C@@]341)C[C@H](C)[C@@](O)(C(C)=O)[C@@H]2O. The Hall–Kier alpha value is -2.84. The summed E-state index contributed by atoms with van der Waals surface area (Å²) in [6.07, 6.45) is -0.201. The predicted molar refractivity (Wildman–Crippen MR) is 137 cm³/mol. The van der Waals surface area contributed by atoms with Gasteiger partial charge in [-0.1, -0.05) is 57.2 Å². The van der Waals surface area contributed by atoms with Crippen LogP contribution in [-0.4, -0.2) is 57.5 Å². The summed E-state index contributed by atoms with van der Waals surface area (Å²) in [5, 5.41) is 26.2. The van der Waals surface area contributed by atoms with E-state index < -0.39 is 64.6 Å². The van der Waals surface area contributed by atoms with Gasteiger partial charge in [-0.25, -0.2) is 0 Å². The number of rotatable bonds is 4. The van der Waals surface area contributed by atoms with Crippen LogP contribution < -0.4 is 5.32 Å². The number of amides is 1. The number of aliphatic hydroxyl groups excluding tert-OH is 1. The number of ketones is 2. The summed E-state index contributed by atoms with van der Waals surface area (Å²) in [6.45, 7) is 7.99. The maximum absolute atomic E-state index is 14.2. The molecule has 3 N–H and O–H groups in total. The molecule has 2 saturated carbocycles. The standard InChI is InChI=1S/C30H37NO7/c1-14-11-20-13-21-25(34)16(3)15(2)24-22(12-19-9-7-6-8-10-19)31-28(36)29(21,24)27(38-18(5)33)23(20)26(35)30(14,37)17(4)32/h6-10,13-16,20,22-24,26-27,35,37H,11-12H2,1-5H3,(H,31,36)/t14-,15+,16+,20-,22-,23-,24-,26+,27+,29-,30+/m0/s1. The van der Waals surface area contributed by atoms with Gasteiger partial charge in [-0.15, -0.1) is 0 Å². The lowest BCUT2D eigenvalue weighted by Crippen LogP contribution is -2.70. The maximum Gasteiger partial charge on any atom is 0.302 e. The summed E-state index contributed by atoms with van der Waals surface area (Å²) in [6, 6.07) is 9.39. The van der Waals surface area contributed by atoms with E-state index in [1.54, 1.807) is 13.0 Å². The van der Waals surface area contributed by atoms with E-state index in [1.165, 1.54) is 13.8 Å². The third kappa shape index (κ3) is 3.49. The molecule has 1 aliphatic heterocycles. The van der Waals surface area contributed by atoms with E-state index in [0.29, 0.717) is 18.4 Å². The number of benzene rings is 1. The Kier molecular flexibility index (Phi) is 6.42. The van der Waals surface area contributed by atoms with Gasteiger partial charge in [0.25, 0.3) is 0 Å². The van der Waals surface area contributed by atoms with Crippen molar-refractivity contribution in [1.82, 2.24) is 5.32 Å². The molecule has 8 heteroatoms. The molecule has 204 valence electrons. The molecule has 1 saturated heterocycles. The smallest absolute Gasteiger partial charge is 0.302 e. The summed E-state index contributed by atoms with van der Waals surface area (Å²) in [7, 11) is 0. The Morgan fingerprint density at radius 3 is 2.37 bits per heavy atom. The fraction of sp³-hybridized carbons (Fsp3) is 0.600. The summed E-state index contributed by atoms with van der Waals surface area (Å²) in [5.41, 5.74) is -2.24. The Labute approximate surface area is 222 Å². The number of esters is 1. The molecule has 1 aromatic carbocycles. The normalized spacial score (nSPS) is 43.8. The summed E-state index contributed by atoms with van der Waals surface area (Å²) >= 11 is 0. The lowest BCUT2D eigenvalue weighted by Gasteiger charge is -2.58. The number of carbonyl (C=O) groups is 4. The predicted octanol–water partition coefficient (Wildman–Crippen LogP) is 2.01. The minimum Gasteiger partial charge on any atom is -0.461 e. The van der Waals surface area contributed by atoms with E-state index in [1.807, 2.05) is 44.2 Å². The van der Waals surface area contributed by atoms with E-state index in [-0.39, 0.29) is 23.7 Å². The molecule has 0 radical (unpaired) electrons. The molecule has 1 spiro atoms. The minimum absolute atomic E-state index is 0.158. The second kappa shape index (κ2) is 9.12. The van der Waals surface area contributed by atoms with Gasteiger partial charge in [0.15, 0.2) is 17.2 Å². The van der Waals surface area contributed by atoms with Gasteiger partial charge >= 0.3 is 5.97 Å². The lowest BCUT2D eigenvalue weighted by molar-refractivity contribution is -0.215. The zero-order chi connectivity index (χ0) is 27.7. The molecule has 1 aromatic rings. The number of allylic oxidation sites excluding steroid dienone is 1. The molecule has 0 aromatic heterocycles. The number of nitrogens with one attached hydrogen (secondary N) is 1. The zero-order valence-electron chi connectivity index (χ0n) is 22.5. The minimum atomic E-state index is -2.06. The number of hydrogen-bond acceptors (Lipinski definition) is 7. The van der Waals surface area contributed by atoms with Crippen LogP contribution in [0.1, 0.15) is 46.6 Å². The quantitative estimate of drug-likeness (QED) is 0.515. The van der Waals surface area contributed by atoms with Crippen molar-refractivity contribution in [2.24, 2.45) is 40.9 Å². The molecule has 3 aliphatic carbocycles. The highest BCUT2D eigenvalue weighted by molar-refractivity contribution is 6.08. The van der Waals surface area contributed by atoms with Crippen LogP contribution in [0.4, 0.5) is 0 Å². The third-order valence-corrected chi connectivity index (χ3v) is 10.2. The number of fused-ring (bicyclic) bond motifs is 1. The van der Waals surface area contributed by atoms with Crippen molar-refractivity contribution in [3.8, 4) is 0 Å². The molecule has 38 heavy (non-hydrogen) atoms. The number of aliphatic hydroxyl groups is 2.